The summed E-state index contributed by atoms with van der Waals surface area (Å²) in [5.74, 6) is 2.28. The molecule has 9 atom stereocenters. The molecule has 5 rings (SSSR count). The van der Waals surface area contributed by atoms with Gasteiger partial charge in [-0.25, -0.2) is 0 Å². The number of nitrogens with one attached hydrogen (secondary N) is 1. The summed E-state index contributed by atoms with van der Waals surface area (Å²) in [4.78, 5) is 39.7. The van der Waals surface area contributed by atoms with Crippen LogP contribution < -0.4 is 5.32 Å². The first-order chi connectivity index (χ1) is 18.3. The highest BCUT2D eigenvalue weighted by atomic mass is 32.3. The third-order valence-electron chi connectivity index (χ3n) is 11.6. The molecule has 4 saturated carbocycles. The zero-order valence-electron chi connectivity index (χ0n) is 23.6. The van der Waals surface area contributed by atoms with E-state index in [1.54, 1.807) is 6.07 Å². The third-order valence-corrected chi connectivity index (χ3v) is 14.2. The monoisotopic (exact) mass is 577 g/mol. The smallest absolute Gasteiger partial charge is 0.304 e. The van der Waals surface area contributed by atoms with Gasteiger partial charge in [0.2, 0.25) is 5.91 Å². The van der Waals surface area contributed by atoms with E-state index in [4.69, 9.17) is 0 Å². The number of carbonyl (C=O) groups excluding carboxylic acids is 3. The summed E-state index contributed by atoms with van der Waals surface area (Å²) in [6.07, 6.45) is 8.20. The minimum atomic E-state index is -4.25. The zero-order chi connectivity index (χ0) is 28.3. The number of rotatable bonds is 7. The van der Waals surface area contributed by atoms with Gasteiger partial charge in [0, 0.05) is 36.5 Å². The second-order valence-corrected chi connectivity index (χ2v) is 16.1. The van der Waals surface area contributed by atoms with Crippen molar-refractivity contribution in [3.05, 3.63) is 17.0 Å². The molecule has 4 aliphatic carbocycles. The summed E-state index contributed by atoms with van der Waals surface area (Å²) < 4.78 is 32.0. The summed E-state index contributed by atoms with van der Waals surface area (Å²) in [5.41, 5.74) is 0.123. The van der Waals surface area contributed by atoms with E-state index in [1.165, 1.54) is 6.07 Å². The SMILES string of the molecule is CC[C@H](CC(=O)NC(C)c1ccc(S(=O)(=O)O)s1)C1CC[C@H]2C3C(=O)CC4CC(=O)CCC4(C)[C@H]3CCC12C. The maximum Gasteiger partial charge on any atom is 0.304 e. The molecular weight excluding hydrogens is 534 g/mol. The predicted octanol–water partition coefficient (Wildman–Crippen LogP) is 6.00. The van der Waals surface area contributed by atoms with Gasteiger partial charge >= 0.3 is 10.1 Å². The van der Waals surface area contributed by atoms with Crippen LogP contribution in [0.5, 0.6) is 0 Å². The van der Waals surface area contributed by atoms with Crippen LogP contribution in [0, 0.1) is 46.3 Å². The molecule has 0 bridgehead atoms. The van der Waals surface area contributed by atoms with Crippen molar-refractivity contribution in [1.29, 1.82) is 0 Å². The average molecular weight is 578 g/mol. The molecule has 0 saturated heterocycles. The number of thiophene rings is 1. The highest BCUT2D eigenvalue weighted by Gasteiger charge is 2.63. The molecule has 0 radical (unpaired) electrons. The van der Waals surface area contributed by atoms with E-state index >= 15 is 0 Å². The number of Topliss-reactive ketones (excluding diaryl/α,β-unsaturated/α-hetero) is 2. The first-order valence-electron chi connectivity index (χ1n) is 14.7. The van der Waals surface area contributed by atoms with Gasteiger partial charge in [-0.3, -0.25) is 18.9 Å². The average Bonchev–Trinajstić information content (AvgIpc) is 3.49. The fourth-order valence-electron chi connectivity index (χ4n) is 9.43. The first-order valence-corrected chi connectivity index (χ1v) is 16.9. The fraction of sp³-hybridized carbons (Fsp3) is 0.767. The van der Waals surface area contributed by atoms with Gasteiger partial charge in [-0.2, -0.15) is 8.42 Å². The van der Waals surface area contributed by atoms with Crippen LogP contribution in [0.2, 0.25) is 0 Å². The number of fused-ring (bicyclic) bond motifs is 5. The summed E-state index contributed by atoms with van der Waals surface area (Å²) in [7, 11) is -4.25. The molecule has 216 valence electrons. The van der Waals surface area contributed by atoms with Crippen molar-refractivity contribution in [2.75, 3.05) is 0 Å². The summed E-state index contributed by atoms with van der Waals surface area (Å²) in [6, 6.07) is 2.64. The van der Waals surface area contributed by atoms with E-state index in [2.05, 4.69) is 26.1 Å². The molecule has 1 aromatic rings. The van der Waals surface area contributed by atoms with Gasteiger partial charge in [0.15, 0.2) is 0 Å². The van der Waals surface area contributed by atoms with Gasteiger partial charge < -0.3 is 5.32 Å². The van der Waals surface area contributed by atoms with Crippen LogP contribution in [0.4, 0.5) is 0 Å². The lowest BCUT2D eigenvalue weighted by atomic mass is 9.44. The zero-order valence-corrected chi connectivity index (χ0v) is 25.2. The molecule has 1 aromatic heterocycles. The fourth-order valence-corrected chi connectivity index (χ4v) is 11.1. The standard InChI is InChI=1S/C30H43NO6S2/c1-5-18(14-26(34)31-17(2)25-8-9-27(38-25)39(35,36)37)21-6-7-22-28-23(11-13-30(21,22)4)29(3)12-10-20(32)15-19(29)16-24(28)33/h8-9,17-19,21-23,28H,5-7,10-16H2,1-4H3,(H,31,34)(H,35,36,37)/t17?,18-,19?,21?,22+,23+,28?,29?,30?/m1/s1. The summed E-state index contributed by atoms with van der Waals surface area (Å²) in [6.45, 7) is 8.71. The van der Waals surface area contributed by atoms with Crippen molar-refractivity contribution in [1.82, 2.24) is 5.32 Å². The van der Waals surface area contributed by atoms with Crippen molar-refractivity contribution in [2.24, 2.45) is 46.3 Å². The maximum absolute atomic E-state index is 13.6. The van der Waals surface area contributed by atoms with E-state index in [-0.39, 0.29) is 44.7 Å². The minimum Gasteiger partial charge on any atom is -0.349 e. The van der Waals surface area contributed by atoms with Gasteiger partial charge in [0.05, 0.1) is 6.04 Å². The Morgan fingerprint density at radius 2 is 1.82 bits per heavy atom. The molecule has 1 amide bonds. The molecule has 39 heavy (non-hydrogen) atoms. The van der Waals surface area contributed by atoms with Crippen LogP contribution in [-0.4, -0.2) is 30.4 Å². The number of carbonyl (C=O) groups is 3. The topological polar surface area (TPSA) is 118 Å². The van der Waals surface area contributed by atoms with Crippen molar-refractivity contribution < 1.29 is 27.4 Å². The van der Waals surface area contributed by atoms with Crippen LogP contribution in [-0.2, 0) is 24.5 Å². The minimum absolute atomic E-state index is 0.0369. The number of ketones is 2. The Kier molecular flexibility index (Phi) is 7.68. The van der Waals surface area contributed by atoms with E-state index in [1.807, 2.05) is 6.92 Å². The van der Waals surface area contributed by atoms with E-state index in [9.17, 15) is 27.4 Å². The van der Waals surface area contributed by atoms with Crippen LogP contribution >= 0.6 is 11.3 Å². The van der Waals surface area contributed by atoms with Crippen LogP contribution in [0.15, 0.2) is 16.3 Å². The van der Waals surface area contributed by atoms with E-state index in [0.717, 1.165) is 49.9 Å². The second-order valence-electron chi connectivity index (χ2n) is 13.4. The first kappa shape index (κ1) is 28.9. The predicted molar refractivity (Wildman–Crippen MR) is 150 cm³/mol. The second kappa shape index (κ2) is 10.4. The Hall–Kier alpha value is -1.58. The van der Waals surface area contributed by atoms with Gasteiger partial charge in [0.25, 0.3) is 0 Å². The van der Waals surface area contributed by atoms with Crippen LogP contribution in [0.25, 0.3) is 0 Å². The Morgan fingerprint density at radius 1 is 1.10 bits per heavy atom. The lowest BCUT2D eigenvalue weighted by molar-refractivity contribution is -0.159. The molecule has 1 heterocycles. The third kappa shape index (κ3) is 5.05. The Labute approximate surface area is 236 Å². The van der Waals surface area contributed by atoms with E-state index < -0.39 is 10.1 Å². The van der Waals surface area contributed by atoms with Crippen LogP contribution in [0.3, 0.4) is 0 Å². The molecule has 9 heteroatoms. The van der Waals surface area contributed by atoms with Crippen molar-refractivity contribution >= 4 is 38.9 Å². The lowest BCUT2D eigenvalue weighted by Crippen LogP contribution is -2.57. The Morgan fingerprint density at radius 3 is 2.49 bits per heavy atom. The van der Waals surface area contributed by atoms with Crippen molar-refractivity contribution in [3.63, 3.8) is 0 Å². The van der Waals surface area contributed by atoms with Gasteiger partial charge in [-0.05, 0) is 91.6 Å². The summed E-state index contributed by atoms with van der Waals surface area (Å²) in [5, 5.41) is 3.04. The highest BCUT2D eigenvalue weighted by molar-refractivity contribution is 7.88. The lowest BCUT2D eigenvalue weighted by Gasteiger charge is -2.59. The molecule has 6 unspecified atom stereocenters. The molecule has 2 N–H and O–H groups in total. The van der Waals surface area contributed by atoms with E-state index in [0.29, 0.717) is 59.9 Å². The number of hydrogen-bond donors (Lipinski definition) is 2. The quantitative estimate of drug-likeness (QED) is 0.384. The summed E-state index contributed by atoms with van der Waals surface area (Å²) >= 11 is 0.969. The largest absolute Gasteiger partial charge is 0.349 e. The van der Waals surface area contributed by atoms with Gasteiger partial charge in [0.1, 0.15) is 15.8 Å². The highest BCUT2D eigenvalue weighted by Crippen LogP contribution is 2.67. The van der Waals surface area contributed by atoms with Gasteiger partial charge in [-0.1, -0.05) is 27.2 Å². The van der Waals surface area contributed by atoms with Crippen molar-refractivity contribution in [2.45, 2.75) is 102 Å². The Bertz CT molecular complexity index is 1260. The number of hydrogen-bond acceptors (Lipinski definition) is 6. The molecular formula is C30H43NO6S2. The number of amides is 1. The Balaban J connectivity index is 1.28. The molecule has 4 fully saturated rings. The molecule has 4 aliphatic rings. The molecule has 0 aromatic carbocycles. The van der Waals surface area contributed by atoms with Gasteiger partial charge in [-0.15, -0.1) is 11.3 Å². The maximum atomic E-state index is 13.6. The molecule has 7 nitrogen and oxygen atoms in total. The van der Waals surface area contributed by atoms with Crippen molar-refractivity contribution in [3.8, 4) is 0 Å². The van der Waals surface area contributed by atoms with Crippen LogP contribution in [0.1, 0.15) is 103 Å². The molecule has 0 spiro atoms. The molecule has 0 aliphatic heterocycles. The normalized spacial score (nSPS) is 37.9.